The Morgan fingerprint density at radius 2 is 2.00 bits per heavy atom. The van der Waals surface area contributed by atoms with Crippen molar-refractivity contribution in [3.8, 4) is 5.82 Å². The van der Waals surface area contributed by atoms with Gasteiger partial charge < -0.3 is 0 Å². The molecule has 0 bridgehead atoms. The van der Waals surface area contributed by atoms with E-state index in [4.69, 9.17) is 0 Å². The number of pyridine rings is 1. The predicted molar refractivity (Wildman–Crippen MR) is 75.7 cm³/mol. The van der Waals surface area contributed by atoms with Crippen molar-refractivity contribution < 1.29 is 0 Å². The molecule has 0 amide bonds. The average molecular weight is 253 g/mol. The summed E-state index contributed by atoms with van der Waals surface area (Å²) in [5.41, 5.74) is 2.05. The lowest BCUT2D eigenvalue weighted by molar-refractivity contribution is 0.570. The molecule has 4 heteroatoms. The minimum Gasteiger partial charge on any atom is -0.267 e. The van der Waals surface area contributed by atoms with Crippen LogP contribution >= 0.6 is 0 Å². The van der Waals surface area contributed by atoms with E-state index < -0.39 is 0 Å². The van der Waals surface area contributed by atoms with Gasteiger partial charge in [0, 0.05) is 12.7 Å². The fourth-order valence-electron chi connectivity index (χ4n) is 2.37. The Morgan fingerprint density at radius 1 is 1.21 bits per heavy atom. The Hall–Kier alpha value is -2.36. The quantitative estimate of drug-likeness (QED) is 0.704. The summed E-state index contributed by atoms with van der Waals surface area (Å²) in [6.45, 7) is 4.60. The highest BCUT2D eigenvalue weighted by molar-refractivity contribution is 5.80. The first-order valence-corrected chi connectivity index (χ1v) is 6.36. The third-order valence-corrected chi connectivity index (χ3v) is 3.26. The summed E-state index contributed by atoms with van der Waals surface area (Å²) >= 11 is 0. The Morgan fingerprint density at radius 3 is 2.74 bits per heavy atom. The molecule has 0 saturated carbocycles. The highest BCUT2D eigenvalue weighted by atomic mass is 16.1. The average Bonchev–Trinajstić information content (AvgIpc) is 2.72. The van der Waals surface area contributed by atoms with E-state index in [9.17, 15) is 4.79 Å². The van der Waals surface area contributed by atoms with Crippen molar-refractivity contribution in [2.45, 2.75) is 20.4 Å². The number of fused-ring (bicyclic) bond motifs is 1. The van der Waals surface area contributed by atoms with E-state index in [0.29, 0.717) is 6.54 Å². The normalized spacial score (nSPS) is 11.1. The van der Waals surface area contributed by atoms with E-state index in [0.717, 1.165) is 22.3 Å². The van der Waals surface area contributed by atoms with Gasteiger partial charge in [-0.15, -0.1) is 0 Å². The molecule has 2 aromatic heterocycles. The highest BCUT2D eigenvalue weighted by Gasteiger charge is 2.13. The van der Waals surface area contributed by atoms with Crippen LogP contribution in [0.4, 0.5) is 0 Å². The van der Waals surface area contributed by atoms with Gasteiger partial charge >= 0.3 is 0 Å². The molecule has 0 N–H and O–H groups in total. The van der Waals surface area contributed by atoms with Crippen LogP contribution in [0.1, 0.15) is 12.5 Å². The van der Waals surface area contributed by atoms with Crippen LogP contribution in [0, 0.1) is 6.92 Å². The summed E-state index contributed by atoms with van der Waals surface area (Å²) in [6.07, 6.45) is 1.77. The molecule has 0 saturated heterocycles. The number of para-hydroxylation sites is 1. The van der Waals surface area contributed by atoms with Gasteiger partial charge in [0.25, 0.3) is 5.56 Å². The van der Waals surface area contributed by atoms with E-state index >= 15 is 0 Å². The van der Waals surface area contributed by atoms with Crippen LogP contribution in [-0.4, -0.2) is 14.3 Å². The van der Waals surface area contributed by atoms with E-state index in [1.54, 1.807) is 10.9 Å². The number of rotatable bonds is 2. The molecule has 19 heavy (non-hydrogen) atoms. The van der Waals surface area contributed by atoms with Crippen molar-refractivity contribution in [3.63, 3.8) is 0 Å². The minimum absolute atomic E-state index is 0.0291. The Bertz CT molecular complexity index is 799. The molecular formula is C15H15N3O. The first-order chi connectivity index (χ1) is 9.22. The number of aryl methyl sites for hydroxylation is 1. The largest absolute Gasteiger partial charge is 0.274 e. The molecule has 3 aromatic rings. The Balaban J connectivity index is 2.43. The summed E-state index contributed by atoms with van der Waals surface area (Å²) in [5.74, 6) is 0.778. The van der Waals surface area contributed by atoms with Crippen LogP contribution in [0.2, 0.25) is 0 Å². The fraction of sp³-hybridized carbons (Fsp3) is 0.200. The third kappa shape index (κ3) is 1.76. The molecule has 0 radical (unpaired) electrons. The maximum atomic E-state index is 12.4. The van der Waals surface area contributed by atoms with Crippen LogP contribution in [-0.2, 0) is 6.54 Å². The van der Waals surface area contributed by atoms with Gasteiger partial charge in [-0.1, -0.05) is 12.1 Å². The second-order valence-corrected chi connectivity index (χ2v) is 4.54. The molecule has 0 aliphatic carbocycles. The lowest BCUT2D eigenvalue weighted by atomic mass is 10.2. The number of hydrogen-bond donors (Lipinski definition) is 0. The molecular weight excluding hydrogens is 238 g/mol. The molecule has 2 heterocycles. The van der Waals surface area contributed by atoms with Crippen LogP contribution in [0.15, 0.2) is 47.4 Å². The maximum Gasteiger partial charge on any atom is 0.274 e. The third-order valence-electron chi connectivity index (χ3n) is 3.26. The summed E-state index contributed by atoms with van der Waals surface area (Å²) in [6, 6.07) is 11.6. The predicted octanol–water partition coefficient (Wildman–Crippen LogP) is 2.52. The van der Waals surface area contributed by atoms with Crippen molar-refractivity contribution in [3.05, 3.63) is 58.5 Å². The van der Waals surface area contributed by atoms with E-state index in [1.165, 1.54) is 0 Å². The molecule has 96 valence electrons. The minimum atomic E-state index is 0.0291. The van der Waals surface area contributed by atoms with Gasteiger partial charge in [-0.2, -0.15) is 0 Å². The molecule has 3 rings (SSSR count). The molecule has 4 nitrogen and oxygen atoms in total. The zero-order chi connectivity index (χ0) is 13.4. The number of hydrogen-bond acceptors (Lipinski definition) is 2. The Kier molecular flexibility index (Phi) is 2.71. The van der Waals surface area contributed by atoms with E-state index in [2.05, 4.69) is 4.98 Å². The number of benzene rings is 1. The van der Waals surface area contributed by atoms with Crippen molar-refractivity contribution in [2.24, 2.45) is 0 Å². The monoisotopic (exact) mass is 253 g/mol. The van der Waals surface area contributed by atoms with Crippen molar-refractivity contribution >= 4 is 10.9 Å². The standard InChI is InChI=1S/C15H15N3O/c1-3-17-15(19)12-6-4-5-7-13(12)18(17)14-10-11(2)8-9-16-14/h4-10H,3H2,1-2H3. The van der Waals surface area contributed by atoms with Crippen molar-refractivity contribution in [2.75, 3.05) is 0 Å². The number of aromatic nitrogens is 3. The zero-order valence-electron chi connectivity index (χ0n) is 11.0. The molecule has 0 aliphatic heterocycles. The SMILES string of the molecule is CCn1c(=O)c2ccccc2n1-c1cc(C)ccn1. The van der Waals surface area contributed by atoms with Crippen LogP contribution in [0.25, 0.3) is 16.7 Å². The second kappa shape index (κ2) is 4.39. The molecule has 0 spiro atoms. The summed E-state index contributed by atoms with van der Waals surface area (Å²) in [7, 11) is 0. The topological polar surface area (TPSA) is 39.8 Å². The second-order valence-electron chi connectivity index (χ2n) is 4.54. The lowest BCUT2D eigenvalue weighted by Gasteiger charge is -2.10. The van der Waals surface area contributed by atoms with Crippen LogP contribution in [0.3, 0.4) is 0 Å². The molecule has 0 fully saturated rings. The van der Waals surface area contributed by atoms with E-state index in [1.807, 2.05) is 54.9 Å². The molecule has 0 unspecified atom stereocenters. The van der Waals surface area contributed by atoms with Gasteiger partial charge in [-0.25, -0.2) is 14.3 Å². The van der Waals surface area contributed by atoms with Gasteiger partial charge in [0.1, 0.15) is 0 Å². The van der Waals surface area contributed by atoms with E-state index in [-0.39, 0.29) is 5.56 Å². The molecule has 0 aliphatic rings. The fourth-order valence-corrected chi connectivity index (χ4v) is 2.37. The summed E-state index contributed by atoms with van der Waals surface area (Å²) in [4.78, 5) is 16.7. The van der Waals surface area contributed by atoms with Gasteiger partial charge in [0.05, 0.1) is 10.9 Å². The van der Waals surface area contributed by atoms with Gasteiger partial charge in [-0.3, -0.25) is 4.79 Å². The summed E-state index contributed by atoms with van der Waals surface area (Å²) < 4.78 is 3.61. The van der Waals surface area contributed by atoms with Crippen molar-refractivity contribution in [1.29, 1.82) is 0 Å². The van der Waals surface area contributed by atoms with Crippen LogP contribution in [0.5, 0.6) is 0 Å². The smallest absolute Gasteiger partial charge is 0.267 e. The summed E-state index contributed by atoms with van der Waals surface area (Å²) in [5, 5.41) is 0.729. The number of nitrogens with zero attached hydrogens (tertiary/aromatic N) is 3. The van der Waals surface area contributed by atoms with Gasteiger partial charge in [0.2, 0.25) is 0 Å². The maximum absolute atomic E-state index is 12.4. The van der Waals surface area contributed by atoms with Crippen molar-refractivity contribution in [1.82, 2.24) is 14.3 Å². The lowest BCUT2D eigenvalue weighted by Crippen LogP contribution is -2.21. The highest BCUT2D eigenvalue weighted by Crippen LogP contribution is 2.16. The molecule has 0 atom stereocenters. The molecule has 1 aromatic carbocycles. The Labute approximate surface area is 110 Å². The van der Waals surface area contributed by atoms with Crippen LogP contribution < -0.4 is 5.56 Å². The van der Waals surface area contributed by atoms with Gasteiger partial charge in [-0.05, 0) is 43.7 Å². The zero-order valence-corrected chi connectivity index (χ0v) is 11.0. The first kappa shape index (κ1) is 11.7. The first-order valence-electron chi connectivity index (χ1n) is 6.36. The van der Waals surface area contributed by atoms with Gasteiger partial charge in [0.15, 0.2) is 5.82 Å².